The van der Waals surface area contributed by atoms with Crippen molar-refractivity contribution in [3.05, 3.63) is 65.7 Å². The summed E-state index contributed by atoms with van der Waals surface area (Å²) in [6.07, 6.45) is -4.69. The summed E-state index contributed by atoms with van der Waals surface area (Å²) in [5.41, 5.74) is 1.07. The normalized spacial score (nSPS) is 13.1. The molecule has 0 aliphatic rings. The standard InChI is InChI=1S/C20H19F4N3O/c1-12(2)18(13-7-9-14(21)10-8-13)26-17(28)11-27-16-6-4-3-5-15(16)25-19(27)20(22,23)24/h3-10,12,18H,11H2,1-2H3,(H,26,28). The molecule has 4 nitrogen and oxygen atoms in total. The van der Waals surface area contributed by atoms with Gasteiger partial charge < -0.3 is 9.88 Å². The van der Waals surface area contributed by atoms with E-state index in [2.05, 4.69) is 10.3 Å². The number of fused-ring (bicyclic) bond motifs is 1. The lowest BCUT2D eigenvalue weighted by molar-refractivity contribution is -0.147. The number of para-hydroxylation sites is 2. The van der Waals surface area contributed by atoms with E-state index in [4.69, 9.17) is 0 Å². The lowest BCUT2D eigenvalue weighted by Crippen LogP contribution is -2.35. The largest absolute Gasteiger partial charge is 0.449 e. The smallest absolute Gasteiger partial charge is 0.347 e. The molecule has 1 atom stereocenters. The van der Waals surface area contributed by atoms with E-state index in [1.54, 1.807) is 24.3 Å². The molecule has 0 aliphatic heterocycles. The Kier molecular flexibility index (Phi) is 5.40. The topological polar surface area (TPSA) is 46.9 Å². The molecule has 0 bridgehead atoms. The molecule has 0 saturated heterocycles. The lowest BCUT2D eigenvalue weighted by atomic mass is 9.96. The number of nitrogens with one attached hydrogen (secondary N) is 1. The highest BCUT2D eigenvalue weighted by Crippen LogP contribution is 2.31. The van der Waals surface area contributed by atoms with Crippen molar-refractivity contribution in [2.75, 3.05) is 0 Å². The quantitative estimate of drug-likeness (QED) is 0.639. The Labute approximate surface area is 159 Å². The van der Waals surface area contributed by atoms with Crippen LogP contribution in [0.5, 0.6) is 0 Å². The van der Waals surface area contributed by atoms with Crippen LogP contribution in [0.4, 0.5) is 17.6 Å². The van der Waals surface area contributed by atoms with Crippen LogP contribution in [0.15, 0.2) is 48.5 Å². The molecule has 0 fully saturated rings. The number of hydrogen-bond acceptors (Lipinski definition) is 2. The van der Waals surface area contributed by atoms with Crippen LogP contribution in [-0.2, 0) is 17.5 Å². The number of nitrogens with zero attached hydrogens (tertiary/aromatic N) is 2. The highest BCUT2D eigenvalue weighted by atomic mass is 19.4. The Hall–Kier alpha value is -2.90. The zero-order valence-electron chi connectivity index (χ0n) is 15.3. The van der Waals surface area contributed by atoms with E-state index in [0.717, 1.165) is 4.57 Å². The van der Waals surface area contributed by atoms with Gasteiger partial charge in [-0.1, -0.05) is 38.1 Å². The fourth-order valence-corrected chi connectivity index (χ4v) is 3.12. The number of halogens is 4. The number of alkyl halides is 3. The van der Waals surface area contributed by atoms with Gasteiger partial charge in [0.05, 0.1) is 17.1 Å². The molecule has 0 aliphatic carbocycles. The number of aromatic nitrogens is 2. The summed E-state index contributed by atoms with van der Waals surface area (Å²) in [7, 11) is 0. The molecule has 1 amide bonds. The van der Waals surface area contributed by atoms with Crippen LogP contribution in [0.3, 0.4) is 0 Å². The molecule has 28 heavy (non-hydrogen) atoms. The summed E-state index contributed by atoms with van der Waals surface area (Å²) in [6, 6.07) is 11.3. The van der Waals surface area contributed by atoms with E-state index in [-0.39, 0.29) is 17.0 Å². The van der Waals surface area contributed by atoms with Crippen molar-refractivity contribution in [2.24, 2.45) is 5.92 Å². The number of carbonyl (C=O) groups excluding carboxylic acids is 1. The number of carbonyl (C=O) groups is 1. The average molecular weight is 393 g/mol. The summed E-state index contributed by atoms with van der Waals surface area (Å²) in [4.78, 5) is 16.2. The van der Waals surface area contributed by atoms with Crippen LogP contribution in [0.25, 0.3) is 11.0 Å². The van der Waals surface area contributed by atoms with E-state index in [9.17, 15) is 22.4 Å². The van der Waals surface area contributed by atoms with Crippen molar-refractivity contribution in [1.82, 2.24) is 14.9 Å². The highest BCUT2D eigenvalue weighted by Gasteiger charge is 2.38. The van der Waals surface area contributed by atoms with Crippen LogP contribution < -0.4 is 5.32 Å². The highest BCUT2D eigenvalue weighted by molar-refractivity contribution is 5.81. The number of benzene rings is 2. The van der Waals surface area contributed by atoms with E-state index in [1.807, 2.05) is 13.8 Å². The van der Waals surface area contributed by atoms with Gasteiger partial charge in [-0.15, -0.1) is 0 Å². The van der Waals surface area contributed by atoms with Gasteiger partial charge in [-0.3, -0.25) is 4.79 Å². The third-order valence-corrected chi connectivity index (χ3v) is 4.42. The second-order valence-corrected chi connectivity index (χ2v) is 6.85. The van der Waals surface area contributed by atoms with E-state index < -0.39 is 36.3 Å². The fourth-order valence-electron chi connectivity index (χ4n) is 3.12. The Balaban J connectivity index is 1.89. The second kappa shape index (κ2) is 7.61. The summed E-state index contributed by atoms with van der Waals surface area (Å²) >= 11 is 0. The summed E-state index contributed by atoms with van der Waals surface area (Å²) in [5.74, 6) is -2.16. The molecule has 8 heteroatoms. The van der Waals surface area contributed by atoms with Crippen LogP contribution in [0, 0.1) is 11.7 Å². The molecule has 0 radical (unpaired) electrons. The Bertz CT molecular complexity index is 977. The number of amides is 1. The molecule has 1 N–H and O–H groups in total. The molecular weight excluding hydrogens is 374 g/mol. The maximum Gasteiger partial charge on any atom is 0.449 e. The minimum atomic E-state index is -4.69. The SMILES string of the molecule is CC(C)C(NC(=O)Cn1c(C(F)(F)F)nc2ccccc21)c1ccc(F)cc1. The first-order chi connectivity index (χ1) is 13.2. The molecule has 3 aromatic rings. The average Bonchev–Trinajstić information content (AvgIpc) is 2.99. The number of rotatable bonds is 5. The molecular formula is C20H19F4N3O. The van der Waals surface area contributed by atoms with Gasteiger partial charge >= 0.3 is 6.18 Å². The molecule has 0 spiro atoms. The third-order valence-electron chi connectivity index (χ3n) is 4.42. The summed E-state index contributed by atoms with van der Waals surface area (Å²) in [5, 5.41) is 2.76. The second-order valence-electron chi connectivity index (χ2n) is 6.85. The predicted octanol–water partition coefficient (Wildman–Crippen LogP) is 4.71. The maximum atomic E-state index is 13.4. The van der Waals surface area contributed by atoms with Crippen molar-refractivity contribution < 1.29 is 22.4 Å². The van der Waals surface area contributed by atoms with Crippen molar-refractivity contribution in [2.45, 2.75) is 32.6 Å². The van der Waals surface area contributed by atoms with E-state index in [1.165, 1.54) is 24.3 Å². The zero-order valence-corrected chi connectivity index (χ0v) is 15.3. The van der Waals surface area contributed by atoms with Gasteiger partial charge in [0.15, 0.2) is 0 Å². The van der Waals surface area contributed by atoms with Crippen molar-refractivity contribution in [1.29, 1.82) is 0 Å². The molecule has 3 rings (SSSR count). The van der Waals surface area contributed by atoms with Gasteiger partial charge in [-0.25, -0.2) is 9.37 Å². The first-order valence-electron chi connectivity index (χ1n) is 8.74. The first-order valence-corrected chi connectivity index (χ1v) is 8.74. The van der Waals surface area contributed by atoms with Crippen LogP contribution >= 0.6 is 0 Å². The molecule has 1 unspecified atom stereocenters. The minimum Gasteiger partial charge on any atom is -0.347 e. The number of hydrogen-bond donors (Lipinski definition) is 1. The Morgan fingerprint density at radius 2 is 1.75 bits per heavy atom. The molecule has 1 heterocycles. The first kappa shape index (κ1) is 19.9. The summed E-state index contributed by atoms with van der Waals surface area (Å²) in [6.45, 7) is 3.20. The van der Waals surface area contributed by atoms with Crippen LogP contribution in [-0.4, -0.2) is 15.5 Å². The van der Waals surface area contributed by atoms with Gasteiger partial charge in [0.25, 0.3) is 0 Å². The van der Waals surface area contributed by atoms with Crippen molar-refractivity contribution in [3.8, 4) is 0 Å². The number of imidazole rings is 1. The lowest BCUT2D eigenvalue weighted by Gasteiger charge is -2.23. The minimum absolute atomic E-state index is 0.0453. The van der Waals surface area contributed by atoms with Gasteiger partial charge in [0.2, 0.25) is 11.7 Å². The monoisotopic (exact) mass is 393 g/mol. The van der Waals surface area contributed by atoms with Gasteiger partial charge in [0, 0.05) is 0 Å². The summed E-state index contributed by atoms with van der Waals surface area (Å²) < 4.78 is 54.2. The third kappa shape index (κ3) is 4.16. The van der Waals surface area contributed by atoms with E-state index in [0.29, 0.717) is 5.56 Å². The fraction of sp³-hybridized carbons (Fsp3) is 0.300. The zero-order chi connectivity index (χ0) is 20.5. The van der Waals surface area contributed by atoms with Crippen molar-refractivity contribution >= 4 is 16.9 Å². The van der Waals surface area contributed by atoms with Crippen molar-refractivity contribution in [3.63, 3.8) is 0 Å². The maximum absolute atomic E-state index is 13.4. The molecule has 148 valence electrons. The van der Waals surface area contributed by atoms with E-state index >= 15 is 0 Å². The molecule has 0 saturated carbocycles. The van der Waals surface area contributed by atoms with Crippen LogP contribution in [0.2, 0.25) is 0 Å². The van der Waals surface area contributed by atoms with Crippen LogP contribution in [0.1, 0.15) is 31.3 Å². The van der Waals surface area contributed by atoms with Gasteiger partial charge in [0.1, 0.15) is 12.4 Å². The molecule has 1 aromatic heterocycles. The van der Waals surface area contributed by atoms with Gasteiger partial charge in [-0.05, 0) is 35.7 Å². The Morgan fingerprint density at radius 3 is 2.36 bits per heavy atom. The molecule has 2 aromatic carbocycles. The predicted molar refractivity (Wildman–Crippen MR) is 96.9 cm³/mol. The van der Waals surface area contributed by atoms with Gasteiger partial charge in [-0.2, -0.15) is 13.2 Å². The Morgan fingerprint density at radius 1 is 1.11 bits per heavy atom.